The van der Waals surface area contributed by atoms with Crippen molar-refractivity contribution in [1.29, 1.82) is 0 Å². The van der Waals surface area contributed by atoms with Gasteiger partial charge in [0.05, 0.1) is 0 Å². The monoisotopic (exact) mass is 313 g/mol. The van der Waals surface area contributed by atoms with Crippen LogP contribution in [0.5, 0.6) is 11.5 Å². The molecule has 0 amide bonds. The third kappa shape index (κ3) is 3.27. The zero-order valence-corrected chi connectivity index (χ0v) is 13.8. The SMILES string of the molecule is CC(C)c1ccccc1CN(c1ccc2c(c1)OCO2)C(C)O. The van der Waals surface area contributed by atoms with Crippen LogP contribution in [-0.4, -0.2) is 18.1 Å². The minimum absolute atomic E-state index is 0.254. The van der Waals surface area contributed by atoms with Gasteiger partial charge in [0.2, 0.25) is 6.79 Å². The van der Waals surface area contributed by atoms with E-state index in [1.807, 2.05) is 29.2 Å². The molecule has 0 fully saturated rings. The highest BCUT2D eigenvalue weighted by Gasteiger charge is 2.19. The van der Waals surface area contributed by atoms with Crippen molar-refractivity contribution in [2.75, 3.05) is 11.7 Å². The minimum atomic E-state index is -0.601. The van der Waals surface area contributed by atoms with Crippen molar-refractivity contribution < 1.29 is 14.6 Å². The van der Waals surface area contributed by atoms with E-state index < -0.39 is 6.23 Å². The maximum atomic E-state index is 10.3. The predicted molar refractivity (Wildman–Crippen MR) is 91.0 cm³/mol. The van der Waals surface area contributed by atoms with Gasteiger partial charge in [-0.05, 0) is 36.1 Å². The molecular weight excluding hydrogens is 290 g/mol. The fourth-order valence-electron chi connectivity index (χ4n) is 2.93. The second kappa shape index (κ2) is 6.50. The highest BCUT2D eigenvalue weighted by Crippen LogP contribution is 2.36. The molecule has 0 aliphatic carbocycles. The Hall–Kier alpha value is -2.20. The fourth-order valence-corrected chi connectivity index (χ4v) is 2.93. The summed E-state index contributed by atoms with van der Waals surface area (Å²) >= 11 is 0. The quantitative estimate of drug-likeness (QED) is 0.851. The number of anilines is 1. The molecule has 4 nitrogen and oxygen atoms in total. The second-order valence-corrected chi connectivity index (χ2v) is 6.15. The van der Waals surface area contributed by atoms with Gasteiger partial charge in [0.25, 0.3) is 0 Å². The van der Waals surface area contributed by atoms with Crippen molar-refractivity contribution in [3.63, 3.8) is 0 Å². The van der Waals surface area contributed by atoms with Crippen LogP contribution in [0.25, 0.3) is 0 Å². The van der Waals surface area contributed by atoms with Gasteiger partial charge in [0.1, 0.15) is 6.23 Å². The van der Waals surface area contributed by atoms with Gasteiger partial charge in [0.15, 0.2) is 11.5 Å². The summed E-state index contributed by atoms with van der Waals surface area (Å²) in [6.45, 7) is 7.05. The Kier molecular flexibility index (Phi) is 4.44. The van der Waals surface area contributed by atoms with Crippen LogP contribution in [0.2, 0.25) is 0 Å². The number of benzene rings is 2. The van der Waals surface area contributed by atoms with Gasteiger partial charge >= 0.3 is 0 Å². The molecule has 122 valence electrons. The van der Waals surface area contributed by atoms with Crippen LogP contribution in [0.3, 0.4) is 0 Å². The fraction of sp³-hybridized carbons (Fsp3) is 0.368. The number of ether oxygens (including phenoxy) is 2. The Labute approximate surface area is 137 Å². The van der Waals surface area contributed by atoms with Gasteiger partial charge in [-0.3, -0.25) is 0 Å². The lowest BCUT2D eigenvalue weighted by molar-refractivity contribution is 0.174. The average molecular weight is 313 g/mol. The Balaban J connectivity index is 1.91. The number of hydrogen-bond acceptors (Lipinski definition) is 4. The second-order valence-electron chi connectivity index (χ2n) is 6.15. The van der Waals surface area contributed by atoms with Gasteiger partial charge < -0.3 is 19.5 Å². The summed E-state index contributed by atoms with van der Waals surface area (Å²) in [5.41, 5.74) is 3.45. The Morgan fingerprint density at radius 1 is 1.04 bits per heavy atom. The van der Waals surface area contributed by atoms with Crippen LogP contribution in [0.1, 0.15) is 37.8 Å². The standard InChI is InChI=1S/C19H23NO3/c1-13(2)17-7-5-4-6-15(17)11-20(14(3)21)16-8-9-18-19(10-16)23-12-22-18/h4-10,13-14,21H,11-12H2,1-3H3. The van der Waals surface area contributed by atoms with E-state index in [2.05, 4.69) is 32.0 Å². The van der Waals surface area contributed by atoms with E-state index in [1.54, 1.807) is 6.92 Å². The predicted octanol–water partition coefficient (Wildman–Crippen LogP) is 3.88. The Morgan fingerprint density at radius 3 is 2.52 bits per heavy atom. The first-order valence-electron chi connectivity index (χ1n) is 7.98. The van der Waals surface area contributed by atoms with Crippen LogP contribution in [0.15, 0.2) is 42.5 Å². The van der Waals surface area contributed by atoms with Crippen LogP contribution in [-0.2, 0) is 6.54 Å². The van der Waals surface area contributed by atoms with Crippen LogP contribution in [0, 0.1) is 0 Å². The average Bonchev–Trinajstić information content (AvgIpc) is 3.00. The Morgan fingerprint density at radius 2 is 1.78 bits per heavy atom. The molecule has 0 bridgehead atoms. The van der Waals surface area contributed by atoms with E-state index in [-0.39, 0.29) is 6.79 Å². The third-order valence-electron chi connectivity index (χ3n) is 4.16. The molecule has 0 aromatic heterocycles. The van der Waals surface area contributed by atoms with Crippen LogP contribution in [0.4, 0.5) is 5.69 Å². The van der Waals surface area contributed by atoms with Gasteiger partial charge in [-0.25, -0.2) is 0 Å². The summed E-state index contributed by atoms with van der Waals surface area (Å²) in [4.78, 5) is 1.96. The summed E-state index contributed by atoms with van der Waals surface area (Å²) < 4.78 is 10.8. The largest absolute Gasteiger partial charge is 0.454 e. The van der Waals surface area contributed by atoms with E-state index in [0.717, 1.165) is 17.2 Å². The highest BCUT2D eigenvalue weighted by atomic mass is 16.7. The molecule has 1 N–H and O–H groups in total. The van der Waals surface area contributed by atoms with E-state index in [9.17, 15) is 5.11 Å². The lowest BCUT2D eigenvalue weighted by atomic mass is 9.97. The molecule has 23 heavy (non-hydrogen) atoms. The van der Waals surface area contributed by atoms with E-state index >= 15 is 0 Å². The zero-order chi connectivity index (χ0) is 16.4. The molecule has 1 atom stereocenters. The number of nitrogens with zero attached hydrogens (tertiary/aromatic N) is 1. The molecule has 1 unspecified atom stereocenters. The number of hydrogen-bond donors (Lipinski definition) is 1. The van der Waals surface area contributed by atoms with Crippen molar-refractivity contribution in [3.8, 4) is 11.5 Å². The maximum Gasteiger partial charge on any atom is 0.231 e. The van der Waals surface area contributed by atoms with E-state index in [4.69, 9.17) is 9.47 Å². The topological polar surface area (TPSA) is 41.9 Å². The van der Waals surface area contributed by atoms with Gasteiger partial charge in [-0.15, -0.1) is 0 Å². The molecule has 3 rings (SSSR count). The summed E-state index contributed by atoms with van der Waals surface area (Å²) in [7, 11) is 0. The number of fused-ring (bicyclic) bond motifs is 1. The number of aliphatic hydroxyl groups excluding tert-OH is 1. The minimum Gasteiger partial charge on any atom is -0.454 e. The molecule has 2 aromatic rings. The summed E-state index contributed by atoms with van der Waals surface area (Å²) in [5, 5.41) is 10.3. The Bertz CT molecular complexity index is 682. The summed E-state index contributed by atoms with van der Waals surface area (Å²) in [6.07, 6.45) is -0.601. The first-order chi connectivity index (χ1) is 11.1. The normalized spacial score (nSPS) is 14.1. The molecule has 4 heteroatoms. The van der Waals surface area contributed by atoms with E-state index in [0.29, 0.717) is 12.5 Å². The molecule has 0 saturated carbocycles. The summed E-state index contributed by atoms with van der Waals surface area (Å²) in [5.74, 6) is 1.92. The zero-order valence-electron chi connectivity index (χ0n) is 13.8. The third-order valence-corrected chi connectivity index (χ3v) is 4.16. The van der Waals surface area contributed by atoms with Gasteiger partial charge in [-0.2, -0.15) is 0 Å². The smallest absolute Gasteiger partial charge is 0.231 e. The van der Waals surface area contributed by atoms with Crippen molar-refractivity contribution in [2.24, 2.45) is 0 Å². The molecule has 2 aromatic carbocycles. The molecule has 1 aliphatic heterocycles. The first kappa shape index (κ1) is 15.7. The van der Waals surface area contributed by atoms with Crippen LogP contribution < -0.4 is 14.4 Å². The van der Waals surface area contributed by atoms with Crippen LogP contribution >= 0.6 is 0 Å². The first-order valence-corrected chi connectivity index (χ1v) is 7.98. The number of aliphatic hydroxyl groups is 1. The van der Waals surface area contributed by atoms with Crippen molar-refractivity contribution in [1.82, 2.24) is 0 Å². The van der Waals surface area contributed by atoms with Crippen molar-refractivity contribution in [3.05, 3.63) is 53.6 Å². The number of rotatable bonds is 5. The van der Waals surface area contributed by atoms with Gasteiger partial charge in [0, 0.05) is 18.3 Å². The lowest BCUT2D eigenvalue weighted by Gasteiger charge is -2.29. The molecule has 0 radical (unpaired) electrons. The maximum absolute atomic E-state index is 10.3. The van der Waals surface area contributed by atoms with Crippen molar-refractivity contribution in [2.45, 2.75) is 39.5 Å². The molecule has 1 aliphatic rings. The molecular formula is C19H23NO3. The molecule has 0 spiro atoms. The summed E-state index contributed by atoms with van der Waals surface area (Å²) in [6, 6.07) is 14.2. The van der Waals surface area contributed by atoms with Crippen molar-refractivity contribution >= 4 is 5.69 Å². The molecule has 1 heterocycles. The lowest BCUT2D eigenvalue weighted by Crippen LogP contribution is -2.32. The molecule has 0 saturated heterocycles. The van der Waals surface area contributed by atoms with E-state index in [1.165, 1.54) is 11.1 Å². The van der Waals surface area contributed by atoms with Gasteiger partial charge in [-0.1, -0.05) is 38.1 Å². The highest BCUT2D eigenvalue weighted by molar-refractivity contribution is 5.57.